The third kappa shape index (κ3) is 1.92. The van der Waals surface area contributed by atoms with Crippen molar-refractivity contribution in [1.29, 1.82) is 0 Å². The van der Waals surface area contributed by atoms with E-state index in [-0.39, 0.29) is 10.3 Å². The molecule has 96 valence electrons. The standard InChI is InChI=1S/C11H11ClN2O2S2/c1-18(15,16)11-13-9(12)8-6-4-2-3-5-7(6)17-10(8)14-11/h2-5H2,1H3. The zero-order valence-electron chi connectivity index (χ0n) is 9.73. The fraction of sp³-hybridized carbons (Fsp3) is 0.455. The minimum Gasteiger partial charge on any atom is -0.221 e. The van der Waals surface area contributed by atoms with Crippen molar-refractivity contribution in [2.75, 3.05) is 6.26 Å². The first-order valence-corrected chi connectivity index (χ1v) is 8.73. The van der Waals surface area contributed by atoms with Crippen molar-refractivity contribution in [3.63, 3.8) is 0 Å². The van der Waals surface area contributed by atoms with E-state index in [9.17, 15) is 8.42 Å². The van der Waals surface area contributed by atoms with Crippen molar-refractivity contribution in [1.82, 2.24) is 9.97 Å². The van der Waals surface area contributed by atoms with Crippen molar-refractivity contribution in [3.8, 4) is 0 Å². The second kappa shape index (κ2) is 4.15. The maximum Gasteiger partial charge on any atom is 0.249 e. The first kappa shape index (κ1) is 12.3. The number of fused-ring (bicyclic) bond motifs is 3. The molecule has 2 aromatic rings. The Kier molecular flexibility index (Phi) is 2.84. The number of hydrogen-bond donors (Lipinski definition) is 0. The van der Waals surface area contributed by atoms with E-state index in [0.29, 0.717) is 4.83 Å². The number of rotatable bonds is 1. The van der Waals surface area contributed by atoms with Gasteiger partial charge in [0.25, 0.3) is 0 Å². The summed E-state index contributed by atoms with van der Waals surface area (Å²) in [6.07, 6.45) is 5.42. The molecule has 0 radical (unpaired) electrons. The number of sulfone groups is 1. The molecule has 2 heterocycles. The first-order valence-electron chi connectivity index (χ1n) is 5.64. The third-order valence-electron chi connectivity index (χ3n) is 3.08. The van der Waals surface area contributed by atoms with Gasteiger partial charge in [0.1, 0.15) is 9.98 Å². The Balaban J connectivity index is 2.33. The molecule has 0 saturated heterocycles. The van der Waals surface area contributed by atoms with E-state index in [4.69, 9.17) is 11.6 Å². The predicted octanol–water partition coefficient (Wildman–Crippen LogP) is 2.63. The van der Waals surface area contributed by atoms with Gasteiger partial charge in [0.05, 0.1) is 5.39 Å². The van der Waals surface area contributed by atoms with Crippen molar-refractivity contribution >= 4 is 43.0 Å². The summed E-state index contributed by atoms with van der Waals surface area (Å²) in [5.41, 5.74) is 1.21. The van der Waals surface area contributed by atoms with Gasteiger partial charge in [0.15, 0.2) is 0 Å². The summed E-state index contributed by atoms with van der Waals surface area (Å²) in [5.74, 6) is 0. The van der Waals surface area contributed by atoms with Gasteiger partial charge in [-0.05, 0) is 31.2 Å². The normalized spacial score (nSPS) is 15.9. The van der Waals surface area contributed by atoms with Crippen molar-refractivity contribution in [2.24, 2.45) is 0 Å². The summed E-state index contributed by atoms with van der Waals surface area (Å²) < 4.78 is 23.0. The molecule has 0 bridgehead atoms. The molecule has 1 aliphatic rings. The van der Waals surface area contributed by atoms with Crippen molar-refractivity contribution in [2.45, 2.75) is 30.8 Å². The highest BCUT2D eigenvalue weighted by molar-refractivity contribution is 7.90. The van der Waals surface area contributed by atoms with Crippen molar-refractivity contribution < 1.29 is 8.42 Å². The zero-order chi connectivity index (χ0) is 12.9. The van der Waals surface area contributed by atoms with Gasteiger partial charge in [-0.15, -0.1) is 11.3 Å². The van der Waals surface area contributed by atoms with E-state index in [1.165, 1.54) is 16.9 Å². The molecule has 0 atom stereocenters. The van der Waals surface area contributed by atoms with Crippen LogP contribution in [0.1, 0.15) is 23.3 Å². The van der Waals surface area contributed by atoms with Crippen LogP contribution in [0.3, 0.4) is 0 Å². The average molecular weight is 303 g/mol. The van der Waals surface area contributed by atoms with Crippen LogP contribution in [0.4, 0.5) is 0 Å². The Hall–Kier alpha value is -0.720. The molecule has 0 amide bonds. The molecule has 3 rings (SSSR count). The van der Waals surface area contributed by atoms with Gasteiger partial charge in [-0.1, -0.05) is 11.6 Å². The fourth-order valence-corrected chi connectivity index (χ4v) is 4.48. The van der Waals surface area contributed by atoms with Crippen molar-refractivity contribution in [3.05, 3.63) is 15.6 Å². The first-order chi connectivity index (χ1) is 8.47. The monoisotopic (exact) mass is 302 g/mol. The topological polar surface area (TPSA) is 59.9 Å². The van der Waals surface area contributed by atoms with Gasteiger partial charge >= 0.3 is 0 Å². The summed E-state index contributed by atoms with van der Waals surface area (Å²) in [7, 11) is -3.42. The second-order valence-corrected chi connectivity index (χ2v) is 7.81. The van der Waals surface area contributed by atoms with E-state index < -0.39 is 9.84 Å². The highest BCUT2D eigenvalue weighted by atomic mass is 35.5. The van der Waals surface area contributed by atoms with Crippen LogP contribution in [-0.2, 0) is 22.7 Å². The lowest BCUT2D eigenvalue weighted by Gasteiger charge is -2.10. The lowest BCUT2D eigenvalue weighted by Crippen LogP contribution is -2.04. The van der Waals surface area contributed by atoms with Gasteiger partial charge < -0.3 is 0 Å². The van der Waals surface area contributed by atoms with Gasteiger partial charge in [-0.3, -0.25) is 0 Å². The Labute approximate surface area is 114 Å². The zero-order valence-corrected chi connectivity index (χ0v) is 12.1. The quantitative estimate of drug-likeness (QED) is 0.600. The van der Waals surface area contributed by atoms with Gasteiger partial charge in [-0.25, -0.2) is 18.4 Å². The molecule has 0 aromatic carbocycles. The SMILES string of the molecule is CS(=O)(=O)c1nc(Cl)c2c3c(sc2n1)CCCC3. The fourth-order valence-electron chi connectivity index (χ4n) is 2.26. The lowest BCUT2D eigenvalue weighted by molar-refractivity contribution is 0.594. The maximum atomic E-state index is 11.5. The van der Waals surface area contributed by atoms with E-state index in [0.717, 1.165) is 30.9 Å². The molecule has 1 aliphatic carbocycles. The number of thiophene rings is 1. The van der Waals surface area contributed by atoms with Gasteiger partial charge in [-0.2, -0.15) is 0 Å². The summed E-state index contributed by atoms with van der Waals surface area (Å²) in [6.45, 7) is 0. The number of hydrogen-bond acceptors (Lipinski definition) is 5. The molecular formula is C11H11ClN2O2S2. The molecule has 18 heavy (non-hydrogen) atoms. The summed E-state index contributed by atoms with van der Waals surface area (Å²) in [6, 6.07) is 0. The Bertz CT molecular complexity index is 737. The lowest BCUT2D eigenvalue weighted by atomic mass is 9.97. The largest absolute Gasteiger partial charge is 0.249 e. The van der Waals surface area contributed by atoms with E-state index in [1.807, 2.05) is 0 Å². The average Bonchev–Trinajstić information content (AvgIpc) is 2.66. The van der Waals surface area contributed by atoms with Crippen LogP contribution in [0.25, 0.3) is 10.2 Å². The number of aromatic nitrogens is 2. The minimum absolute atomic E-state index is 0.182. The maximum absolute atomic E-state index is 11.5. The predicted molar refractivity (Wildman–Crippen MR) is 72.2 cm³/mol. The van der Waals surface area contributed by atoms with Crippen LogP contribution < -0.4 is 0 Å². The van der Waals surface area contributed by atoms with E-state index in [2.05, 4.69) is 9.97 Å². The number of nitrogens with zero attached hydrogens (tertiary/aromatic N) is 2. The molecule has 0 N–H and O–H groups in total. The summed E-state index contributed by atoms with van der Waals surface area (Å²) >= 11 is 7.68. The summed E-state index contributed by atoms with van der Waals surface area (Å²) in [4.78, 5) is 10.0. The second-order valence-electron chi connectivity index (χ2n) is 4.46. The highest BCUT2D eigenvalue weighted by Gasteiger charge is 2.22. The van der Waals surface area contributed by atoms with Gasteiger partial charge in [0, 0.05) is 11.1 Å². The Morgan fingerprint density at radius 1 is 1.22 bits per heavy atom. The molecule has 0 fully saturated rings. The number of halogens is 1. The van der Waals surface area contributed by atoms with E-state index in [1.54, 1.807) is 11.3 Å². The molecule has 4 nitrogen and oxygen atoms in total. The minimum atomic E-state index is -3.42. The molecular weight excluding hydrogens is 292 g/mol. The van der Waals surface area contributed by atoms with Crippen LogP contribution >= 0.6 is 22.9 Å². The van der Waals surface area contributed by atoms with E-state index >= 15 is 0 Å². The van der Waals surface area contributed by atoms with Crippen LogP contribution in [0.2, 0.25) is 5.15 Å². The molecule has 0 aliphatic heterocycles. The Morgan fingerprint density at radius 3 is 2.67 bits per heavy atom. The van der Waals surface area contributed by atoms with Gasteiger partial charge in [0.2, 0.25) is 15.0 Å². The summed E-state index contributed by atoms with van der Waals surface area (Å²) in [5, 5.41) is 0.933. The number of aryl methyl sites for hydroxylation is 2. The smallest absolute Gasteiger partial charge is 0.221 e. The molecule has 2 aromatic heterocycles. The van der Waals surface area contributed by atoms with Crippen LogP contribution in [-0.4, -0.2) is 24.6 Å². The highest BCUT2D eigenvalue weighted by Crippen LogP contribution is 2.38. The molecule has 0 unspecified atom stereocenters. The van der Waals surface area contributed by atoms with Crippen LogP contribution in [0.15, 0.2) is 5.16 Å². The molecule has 7 heteroatoms. The van der Waals surface area contributed by atoms with Crippen LogP contribution in [0, 0.1) is 0 Å². The third-order valence-corrected chi connectivity index (χ3v) is 5.39. The molecule has 0 spiro atoms. The Morgan fingerprint density at radius 2 is 1.94 bits per heavy atom. The molecule has 0 saturated carbocycles. The van der Waals surface area contributed by atoms with Crippen LogP contribution in [0.5, 0.6) is 0 Å².